The van der Waals surface area contributed by atoms with Crippen molar-refractivity contribution in [3.05, 3.63) is 52.0 Å². The van der Waals surface area contributed by atoms with Gasteiger partial charge in [0.05, 0.1) is 26.4 Å². The molecule has 2 N–H and O–H groups in total. The van der Waals surface area contributed by atoms with Gasteiger partial charge in [-0.05, 0) is 43.2 Å². The summed E-state index contributed by atoms with van der Waals surface area (Å²) in [6.07, 6.45) is -3.94. The Morgan fingerprint density at radius 2 is 1.86 bits per heavy atom. The number of carboxylic acid groups (broad SMARTS) is 1. The first-order chi connectivity index (χ1) is 23.1. The first kappa shape index (κ1) is 38.3. The maximum atomic E-state index is 13.8. The smallest absolute Gasteiger partial charge is 0.475 e. The first-order valence-corrected chi connectivity index (χ1v) is 17.7. The number of carboxylic acids is 1. The molecule has 3 aromatic rings. The van der Waals surface area contributed by atoms with Crippen LogP contribution in [0.15, 0.2) is 45.8 Å². The van der Waals surface area contributed by atoms with Crippen LogP contribution in [0.1, 0.15) is 24.1 Å². The average Bonchev–Trinajstić information content (AvgIpc) is 3.81. The number of hydrogen-bond donors (Lipinski definition) is 2. The molecular weight excluding hydrogens is 715 g/mol. The van der Waals surface area contributed by atoms with Gasteiger partial charge in [-0.15, -0.1) is 11.3 Å². The van der Waals surface area contributed by atoms with Crippen LogP contribution in [0.5, 0.6) is 0 Å². The number of carbonyl (C=O) groups excluding carboxylic acids is 2. The molecule has 0 unspecified atom stereocenters. The topological polar surface area (TPSA) is 163 Å². The molecule has 1 atom stereocenters. The molecule has 19 heteroatoms. The van der Waals surface area contributed by atoms with E-state index < -0.39 is 28.2 Å². The number of thiophene rings is 1. The molecule has 1 aromatic carbocycles. The van der Waals surface area contributed by atoms with Gasteiger partial charge in [0.25, 0.3) is 0 Å². The van der Waals surface area contributed by atoms with E-state index in [-0.39, 0.29) is 23.1 Å². The van der Waals surface area contributed by atoms with Gasteiger partial charge in [0.1, 0.15) is 6.04 Å². The number of halogens is 4. The number of benzene rings is 1. The number of alkyl halides is 3. The molecule has 2 aliphatic rings. The first-order valence-electron chi connectivity index (χ1n) is 15.0. The van der Waals surface area contributed by atoms with Crippen molar-refractivity contribution in [2.75, 3.05) is 57.9 Å². The number of piperazine rings is 1. The molecule has 0 aliphatic carbocycles. The average molecular weight is 750 g/mol. The summed E-state index contributed by atoms with van der Waals surface area (Å²) in [4.78, 5) is 41.4. The van der Waals surface area contributed by atoms with Gasteiger partial charge in [-0.1, -0.05) is 22.8 Å². The van der Waals surface area contributed by atoms with E-state index >= 15 is 0 Å². The van der Waals surface area contributed by atoms with E-state index in [9.17, 15) is 31.2 Å². The minimum Gasteiger partial charge on any atom is -0.475 e. The van der Waals surface area contributed by atoms with Crippen molar-refractivity contribution in [3.8, 4) is 10.6 Å². The third-order valence-electron chi connectivity index (χ3n) is 7.83. The molecule has 2 aromatic heterocycles. The Morgan fingerprint density at radius 3 is 2.43 bits per heavy atom. The summed E-state index contributed by atoms with van der Waals surface area (Å²) in [5.74, 6) is -2.64. The number of hydrogen-bond acceptors (Lipinski definition) is 10. The van der Waals surface area contributed by atoms with Crippen LogP contribution in [0.3, 0.4) is 0 Å². The zero-order chi connectivity index (χ0) is 35.9. The highest BCUT2D eigenvalue weighted by Gasteiger charge is 2.38. The fraction of sp³-hybridized carbons (Fsp3) is 0.467. The Kier molecular flexibility index (Phi) is 12.8. The van der Waals surface area contributed by atoms with E-state index in [1.54, 1.807) is 48.1 Å². The highest BCUT2D eigenvalue weighted by molar-refractivity contribution is 7.89. The third-order valence-corrected chi connectivity index (χ3v) is 10.7. The van der Waals surface area contributed by atoms with Crippen molar-refractivity contribution in [3.63, 3.8) is 0 Å². The zero-order valence-corrected chi connectivity index (χ0v) is 28.9. The van der Waals surface area contributed by atoms with Gasteiger partial charge in [0.2, 0.25) is 21.8 Å². The Bertz CT molecular complexity index is 1740. The molecule has 13 nitrogen and oxygen atoms in total. The maximum Gasteiger partial charge on any atom is 0.490 e. The van der Waals surface area contributed by atoms with Gasteiger partial charge in [-0.3, -0.25) is 14.5 Å². The predicted octanol–water partition coefficient (Wildman–Crippen LogP) is 3.81. The molecule has 2 aliphatic heterocycles. The Balaban J connectivity index is 0.000000698. The molecule has 2 fully saturated rings. The molecule has 0 bridgehead atoms. The second kappa shape index (κ2) is 16.4. The number of amides is 2. The largest absolute Gasteiger partial charge is 0.490 e. The number of aliphatic carboxylic acids is 1. The minimum atomic E-state index is -5.08. The number of nitrogens with one attached hydrogen (secondary N) is 1. The molecule has 49 heavy (non-hydrogen) atoms. The standard InChI is InChI=1S/C28H34ClN5O6S2.C2HF3O2/c1-19-22(34-10-4-7-27(34)35)5-3-6-25(19)42(37,38)31-21(28(36)33-13-11-32(12-14-33)15-16-39-2)17-20-18-23(40-30-20)24-8-9-26(29)41-24;3-2(4,5)1(6)7/h3,5-6,8-9,18,21,31H,4,7,10-17H2,1-2H3;(H,6,7)/t21-;/m0./s1. The quantitative estimate of drug-likeness (QED) is 0.295. The predicted molar refractivity (Wildman–Crippen MR) is 174 cm³/mol. The number of nitrogens with zero attached hydrogens (tertiary/aromatic N) is 4. The van der Waals surface area contributed by atoms with Crippen LogP contribution in [-0.4, -0.2) is 111 Å². The lowest BCUT2D eigenvalue weighted by Crippen LogP contribution is -2.55. The number of anilines is 1. The lowest BCUT2D eigenvalue weighted by molar-refractivity contribution is -0.192. The molecule has 2 amide bonds. The number of sulfonamides is 1. The van der Waals surface area contributed by atoms with Gasteiger partial charge in [-0.25, -0.2) is 13.2 Å². The summed E-state index contributed by atoms with van der Waals surface area (Å²) in [5, 5.41) is 11.3. The van der Waals surface area contributed by atoms with Crippen molar-refractivity contribution in [2.45, 2.75) is 43.3 Å². The highest BCUT2D eigenvalue weighted by Crippen LogP contribution is 2.32. The van der Waals surface area contributed by atoms with E-state index in [0.29, 0.717) is 72.8 Å². The molecule has 5 rings (SSSR count). The fourth-order valence-corrected chi connectivity index (χ4v) is 7.77. The number of ether oxygens (including phenoxy) is 1. The Labute approximate surface area is 289 Å². The summed E-state index contributed by atoms with van der Waals surface area (Å²) in [6, 6.07) is 9.00. The molecule has 0 spiro atoms. The molecule has 2 saturated heterocycles. The van der Waals surface area contributed by atoms with Crippen molar-refractivity contribution in [1.29, 1.82) is 0 Å². The summed E-state index contributed by atoms with van der Waals surface area (Å²) < 4.78 is 73.3. The van der Waals surface area contributed by atoms with Crippen LogP contribution in [0.4, 0.5) is 18.9 Å². The van der Waals surface area contributed by atoms with Crippen LogP contribution < -0.4 is 9.62 Å². The van der Waals surface area contributed by atoms with E-state index in [4.69, 9.17) is 30.8 Å². The molecule has 268 valence electrons. The van der Waals surface area contributed by atoms with Gasteiger partial charge in [0, 0.05) is 71.0 Å². The maximum absolute atomic E-state index is 13.8. The monoisotopic (exact) mass is 749 g/mol. The summed E-state index contributed by atoms with van der Waals surface area (Å²) >= 11 is 7.40. The van der Waals surface area contributed by atoms with Crippen molar-refractivity contribution < 1.29 is 50.3 Å². The van der Waals surface area contributed by atoms with Gasteiger partial charge in [0.15, 0.2) is 5.76 Å². The van der Waals surface area contributed by atoms with Gasteiger partial charge >= 0.3 is 12.1 Å². The fourth-order valence-electron chi connectivity index (χ4n) is 5.33. The lowest BCUT2D eigenvalue weighted by Gasteiger charge is -2.36. The van der Waals surface area contributed by atoms with Crippen LogP contribution in [0, 0.1) is 6.92 Å². The normalized spacial score (nSPS) is 16.4. The van der Waals surface area contributed by atoms with Crippen LogP contribution in [0.2, 0.25) is 4.34 Å². The number of rotatable bonds is 11. The van der Waals surface area contributed by atoms with Crippen LogP contribution in [0.25, 0.3) is 10.6 Å². The minimum absolute atomic E-state index is 0.00604. The number of aromatic nitrogens is 1. The van der Waals surface area contributed by atoms with Gasteiger partial charge in [-0.2, -0.15) is 17.9 Å². The summed E-state index contributed by atoms with van der Waals surface area (Å²) in [6.45, 7) is 5.83. The number of methoxy groups -OCH3 is 1. The van der Waals surface area contributed by atoms with E-state index in [1.807, 2.05) is 6.07 Å². The van der Waals surface area contributed by atoms with E-state index in [1.165, 1.54) is 17.4 Å². The van der Waals surface area contributed by atoms with Crippen molar-refractivity contribution in [1.82, 2.24) is 19.7 Å². The molecule has 4 heterocycles. The molecular formula is C30H35ClF3N5O8S2. The summed E-state index contributed by atoms with van der Waals surface area (Å²) in [7, 11) is -2.51. The lowest BCUT2D eigenvalue weighted by atomic mass is 10.1. The SMILES string of the molecule is COCCN1CCN(C(=O)[C@H](Cc2cc(-c3ccc(Cl)s3)on2)NS(=O)(=O)c2cccc(N3CCCC3=O)c2C)CC1.O=C(O)C(F)(F)F. The van der Waals surface area contributed by atoms with Gasteiger partial charge < -0.3 is 24.2 Å². The van der Waals surface area contributed by atoms with Crippen molar-refractivity contribution in [2.24, 2.45) is 0 Å². The second-order valence-corrected chi connectivity index (χ2v) is 14.6. The number of carbonyl (C=O) groups is 3. The van der Waals surface area contributed by atoms with E-state index in [0.717, 1.165) is 17.8 Å². The summed E-state index contributed by atoms with van der Waals surface area (Å²) in [5.41, 5.74) is 1.45. The Hall–Kier alpha value is -3.55. The van der Waals surface area contributed by atoms with Crippen molar-refractivity contribution >= 4 is 56.4 Å². The van der Waals surface area contributed by atoms with Crippen LogP contribution in [-0.2, 0) is 35.6 Å². The molecule has 0 saturated carbocycles. The second-order valence-electron chi connectivity index (χ2n) is 11.2. The highest BCUT2D eigenvalue weighted by atomic mass is 35.5. The Morgan fingerprint density at radius 1 is 1.16 bits per heavy atom. The zero-order valence-electron chi connectivity index (χ0n) is 26.5. The van der Waals surface area contributed by atoms with E-state index in [2.05, 4.69) is 14.8 Å². The molecule has 0 radical (unpaired) electrons. The van der Waals surface area contributed by atoms with Crippen LogP contribution >= 0.6 is 22.9 Å². The third kappa shape index (κ3) is 10.0.